The maximum absolute atomic E-state index is 10.6. The van der Waals surface area contributed by atoms with Crippen molar-refractivity contribution in [3.8, 4) is 42.8 Å². The van der Waals surface area contributed by atoms with Crippen LogP contribution in [0.4, 0.5) is 0 Å². The van der Waals surface area contributed by atoms with Gasteiger partial charge in [0.05, 0.1) is 11.8 Å². The Morgan fingerprint density at radius 1 is 1.15 bits per heavy atom. The lowest BCUT2D eigenvalue weighted by atomic mass is 10.1. The molecule has 1 aliphatic rings. The van der Waals surface area contributed by atoms with Gasteiger partial charge in [0.2, 0.25) is 0 Å². The molecule has 0 saturated heterocycles. The van der Waals surface area contributed by atoms with E-state index < -0.39 is 5.97 Å². The van der Waals surface area contributed by atoms with Crippen LogP contribution in [0.1, 0.15) is 55.5 Å². The van der Waals surface area contributed by atoms with E-state index in [-0.39, 0.29) is 13.5 Å². The van der Waals surface area contributed by atoms with E-state index in [9.17, 15) is 9.90 Å². The molecule has 1 atom stereocenters. The molecule has 0 spiro atoms. The Morgan fingerprint density at radius 3 is 2.35 bits per heavy atom. The van der Waals surface area contributed by atoms with Gasteiger partial charge in [0.1, 0.15) is 0 Å². The standard InChI is InChI=1S/C11H11NOS.C9H7NO2.C5H3NS.CH4/c1-3-11-12-9(6-14-11)8-4-5-10(13)7(8)2;1-3-8-9(12-7(2)11)5-4-6-10-8;1-2-5-6-3-4-7-5;/h1,6,10,13H,4-5H2,2H3;1,4-6H,2H3;1,3-4H;1H4/t10-;;;/m0.../s1. The van der Waals surface area contributed by atoms with E-state index in [0.717, 1.165) is 34.7 Å². The normalized spacial score (nSPS) is 13.5. The largest absolute Gasteiger partial charge is 0.424 e. The number of rotatable bonds is 2. The Morgan fingerprint density at radius 2 is 1.88 bits per heavy atom. The lowest BCUT2D eigenvalue weighted by Crippen LogP contribution is -2.03. The monoisotopic (exact) mass is 491 g/mol. The van der Waals surface area contributed by atoms with Crippen molar-refractivity contribution in [3.63, 3.8) is 0 Å². The quantitative estimate of drug-likeness (QED) is 0.409. The summed E-state index contributed by atoms with van der Waals surface area (Å²) in [6.45, 7) is 3.27. The molecule has 8 heteroatoms. The zero-order chi connectivity index (χ0) is 24.2. The molecule has 0 saturated carbocycles. The predicted molar refractivity (Wildman–Crippen MR) is 138 cm³/mol. The molecular formula is C26H25N3O3S2. The van der Waals surface area contributed by atoms with Crippen LogP contribution in [0.3, 0.4) is 0 Å². The molecule has 0 bridgehead atoms. The number of hydrogen-bond donors (Lipinski definition) is 1. The van der Waals surface area contributed by atoms with Crippen molar-refractivity contribution in [1.82, 2.24) is 15.0 Å². The number of pyridine rings is 1. The molecule has 1 aliphatic carbocycles. The van der Waals surface area contributed by atoms with Crippen LogP contribution in [0.2, 0.25) is 0 Å². The van der Waals surface area contributed by atoms with Gasteiger partial charge in [-0.05, 0) is 60.8 Å². The molecule has 0 fully saturated rings. The molecule has 0 unspecified atom stereocenters. The second-order valence-corrected chi connectivity index (χ2v) is 8.22. The fourth-order valence-corrected chi connectivity index (χ4v) is 3.81. The van der Waals surface area contributed by atoms with Crippen molar-refractivity contribution < 1.29 is 14.6 Å². The first-order chi connectivity index (χ1) is 15.9. The number of aliphatic hydroxyl groups excluding tert-OH is 1. The van der Waals surface area contributed by atoms with Crippen molar-refractivity contribution in [2.75, 3.05) is 0 Å². The number of carbonyl (C=O) groups excluding carboxylic acids is 1. The molecule has 0 aliphatic heterocycles. The van der Waals surface area contributed by atoms with Gasteiger partial charge in [0, 0.05) is 30.1 Å². The molecule has 3 aromatic rings. The Balaban J connectivity index is 0.000000264. The molecule has 34 heavy (non-hydrogen) atoms. The first-order valence-corrected chi connectivity index (χ1v) is 11.4. The zero-order valence-corrected chi connectivity index (χ0v) is 19.7. The van der Waals surface area contributed by atoms with Gasteiger partial charge in [-0.3, -0.25) is 4.79 Å². The van der Waals surface area contributed by atoms with Crippen molar-refractivity contribution in [1.29, 1.82) is 0 Å². The summed E-state index contributed by atoms with van der Waals surface area (Å²) in [5.74, 6) is 7.17. The van der Waals surface area contributed by atoms with Gasteiger partial charge in [-0.1, -0.05) is 7.43 Å². The lowest BCUT2D eigenvalue weighted by molar-refractivity contribution is -0.131. The summed E-state index contributed by atoms with van der Waals surface area (Å²) in [6, 6.07) is 3.25. The molecule has 0 radical (unpaired) electrons. The number of allylic oxidation sites excluding steroid dienone is 1. The van der Waals surface area contributed by atoms with E-state index in [1.165, 1.54) is 29.6 Å². The lowest BCUT2D eigenvalue weighted by Gasteiger charge is -2.01. The summed E-state index contributed by atoms with van der Waals surface area (Å²) in [4.78, 5) is 22.5. The molecule has 0 aromatic carbocycles. The number of terminal acetylenes is 3. The third-order valence-corrected chi connectivity index (χ3v) is 5.78. The second kappa shape index (κ2) is 14.4. The number of aliphatic hydroxyl groups is 1. The Bertz CT molecular complexity index is 1240. The molecule has 1 N–H and O–H groups in total. The van der Waals surface area contributed by atoms with E-state index in [1.807, 2.05) is 17.7 Å². The predicted octanol–water partition coefficient (Wildman–Crippen LogP) is 4.80. The first-order valence-electron chi connectivity index (χ1n) is 9.65. The Hall–Kier alpha value is -3.74. The third-order valence-electron chi connectivity index (χ3n) is 4.30. The van der Waals surface area contributed by atoms with Gasteiger partial charge in [0.15, 0.2) is 21.5 Å². The average Bonchev–Trinajstić information content (AvgIpc) is 3.57. The fraction of sp³-hybridized carbons (Fsp3) is 0.231. The highest BCUT2D eigenvalue weighted by Crippen LogP contribution is 2.33. The molecule has 6 nitrogen and oxygen atoms in total. The van der Waals surface area contributed by atoms with Crippen molar-refractivity contribution in [2.45, 2.75) is 40.2 Å². The van der Waals surface area contributed by atoms with E-state index in [1.54, 1.807) is 24.5 Å². The number of nitrogens with zero attached hydrogens (tertiary/aromatic N) is 3. The SMILES string of the molecule is C.C#Cc1nc(C2=C(C)[C@@H](O)CC2)cs1.C#Cc1ncccc1OC(C)=O.C#Cc1nccs1. The van der Waals surface area contributed by atoms with Gasteiger partial charge in [-0.15, -0.1) is 41.9 Å². The van der Waals surface area contributed by atoms with Crippen LogP contribution in [0.25, 0.3) is 5.57 Å². The third kappa shape index (κ3) is 8.31. The summed E-state index contributed by atoms with van der Waals surface area (Å²) < 4.78 is 4.79. The molecule has 4 rings (SSSR count). The van der Waals surface area contributed by atoms with Crippen LogP contribution in [-0.4, -0.2) is 32.1 Å². The number of esters is 1. The van der Waals surface area contributed by atoms with Gasteiger partial charge >= 0.3 is 5.97 Å². The van der Waals surface area contributed by atoms with Gasteiger partial charge in [0.25, 0.3) is 0 Å². The summed E-state index contributed by atoms with van der Waals surface area (Å²) in [5, 5.41) is 14.9. The molecule has 3 heterocycles. The highest BCUT2D eigenvalue weighted by molar-refractivity contribution is 7.10. The highest BCUT2D eigenvalue weighted by atomic mass is 32.1. The first kappa shape index (κ1) is 28.3. The number of ether oxygens (including phenoxy) is 1. The number of carbonyl (C=O) groups is 1. The van der Waals surface area contributed by atoms with Crippen LogP contribution >= 0.6 is 22.7 Å². The number of hydrogen-bond acceptors (Lipinski definition) is 8. The van der Waals surface area contributed by atoms with E-state index >= 15 is 0 Å². The van der Waals surface area contributed by atoms with Crippen molar-refractivity contribution in [2.24, 2.45) is 0 Å². The van der Waals surface area contributed by atoms with Crippen LogP contribution in [-0.2, 0) is 4.79 Å². The average molecular weight is 492 g/mol. The van der Waals surface area contributed by atoms with Gasteiger partial charge in [-0.2, -0.15) is 0 Å². The minimum Gasteiger partial charge on any atom is -0.424 e. The fourth-order valence-electron chi connectivity index (χ4n) is 2.74. The highest BCUT2D eigenvalue weighted by Gasteiger charge is 2.22. The molecule has 174 valence electrons. The van der Waals surface area contributed by atoms with E-state index in [2.05, 4.69) is 32.7 Å². The maximum Gasteiger partial charge on any atom is 0.308 e. The summed E-state index contributed by atoms with van der Waals surface area (Å²) in [5.41, 5.74) is 3.49. The van der Waals surface area contributed by atoms with Gasteiger partial charge in [-0.25, -0.2) is 15.0 Å². The molecular weight excluding hydrogens is 466 g/mol. The number of thiazole rings is 2. The topological polar surface area (TPSA) is 85.2 Å². The Kier molecular flexibility index (Phi) is 12.0. The zero-order valence-electron chi connectivity index (χ0n) is 18.1. The van der Waals surface area contributed by atoms with Crippen molar-refractivity contribution in [3.05, 3.63) is 62.3 Å². The number of aromatic nitrogens is 3. The van der Waals surface area contributed by atoms with E-state index in [0.29, 0.717) is 16.5 Å². The summed E-state index contributed by atoms with van der Waals surface area (Å²) >= 11 is 2.95. The van der Waals surface area contributed by atoms with Crippen LogP contribution < -0.4 is 4.74 Å². The minimum absolute atomic E-state index is 0. The van der Waals surface area contributed by atoms with Crippen molar-refractivity contribution >= 4 is 34.2 Å². The van der Waals surface area contributed by atoms with E-state index in [4.69, 9.17) is 24.0 Å². The Labute approximate surface area is 208 Å². The van der Waals surface area contributed by atoms with Gasteiger partial charge < -0.3 is 9.84 Å². The smallest absolute Gasteiger partial charge is 0.308 e. The van der Waals surface area contributed by atoms with Crippen LogP contribution in [0.15, 0.2) is 40.9 Å². The molecule has 3 aromatic heterocycles. The summed E-state index contributed by atoms with van der Waals surface area (Å²) in [6.07, 6.45) is 20.0. The van der Waals surface area contributed by atoms with Crippen LogP contribution in [0, 0.1) is 37.0 Å². The maximum atomic E-state index is 10.6. The molecule has 0 amide bonds. The van der Waals surface area contributed by atoms with Crippen LogP contribution in [0.5, 0.6) is 5.75 Å². The summed E-state index contributed by atoms with van der Waals surface area (Å²) in [7, 11) is 0. The minimum atomic E-state index is -0.403. The second-order valence-electron chi connectivity index (χ2n) is 6.47.